The van der Waals surface area contributed by atoms with Crippen molar-refractivity contribution in [3.05, 3.63) is 35.6 Å². The van der Waals surface area contributed by atoms with Crippen molar-refractivity contribution < 1.29 is 4.39 Å². The number of hydrogen-bond donors (Lipinski definition) is 2. The number of nitrogens with one attached hydrogen (secondary N) is 1. The molecule has 1 aromatic rings. The summed E-state index contributed by atoms with van der Waals surface area (Å²) in [5.41, 5.74) is 7.16. The molecule has 0 fully saturated rings. The van der Waals surface area contributed by atoms with E-state index < -0.39 is 0 Å². The number of benzene rings is 1. The van der Waals surface area contributed by atoms with Crippen molar-refractivity contribution in [2.24, 2.45) is 5.73 Å². The molecule has 24 heavy (non-hydrogen) atoms. The molecule has 0 radical (unpaired) electrons. The van der Waals surface area contributed by atoms with Crippen LogP contribution in [0.3, 0.4) is 0 Å². The van der Waals surface area contributed by atoms with Crippen molar-refractivity contribution in [3.63, 3.8) is 0 Å². The monoisotopic (exact) mass is 336 g/mol. The Hall–Kier alpha value is -0.930. The van der Waals surface area contributed by atoms with Crippen LogP contribution in [0.15, 0.2) is 24.3 Å². The smallest absolute Gasteiger partial charge is 0.123 e. The van der Waals surface area contributed by atoms with Crippen molar-refractivity contribution in [2.45, 2.75) is 83.6 Å². The fraction of sp³-hybridized carbons (Fsp3) is 0.714. The van der Waals surface area contributed by atoms with Gasteiger partial charge in [0, 0.05) is 6.04 Å². The molecule has 2 nitrogen and oxygen atoms in total. The third kappa shape index (κ3) is 10.8. The van der Waals surface area contributed by atoms with Gasteiger partial charge in [-0.1, -0.05) is 70.4 Å². The second-order valence-corrected chi connectivity index (χ2v) is 6.88. The molecule has 1 rings (SSSR count). The molecule has 138 valence electrons. The quantitative estimate of drug-likeness (QED) is 0.402. The summed E-state index contributed by atoms with van der Waals surface area (Å²) in [5, 5.41) is 3.50. The van der Waals surface area contributed by atoms with Gasteiger partial charge in [0.05, 0.1) is 0 Å². The lowest BCUT2D eigenvalue weighted by molar-refractivity contribution is 0.530. The highest BCUT2D eigenvalue weighted by atomic mass is 19.1. The Balaban J connectivity index is 1.86. The highest BCUT2D eigenvalue weighted by Gasteiger charge is 2.05. The average Bonchev–Trinajstić information content (AvgIpc) is 2.59. The van der Waals surface area contributed by atoms with E-state index in [-0.39, 0.29) is 11.9 Å². The minimum atomic E-state index is -0.200. The maximum atomic E-state index is 12.9. The molecule has 1 aromatic carbocycles. The second kappa shape index (κ2) is 14.4. The van der Waals surface area contributed by atoms with Gasteiger partial charge in [0.1, 0.15) is 5.82 Å². The van der Waals surface area contributed by atoms with E-state index in [0.717, 1.165) is 31.5 Å². The maximum Gasteiger partial charge on any atom is 0.123 e. The minimum Gasteiger partial charge on any atom is -0.324 e. The third-order valence-corrected chi connectivity index (χ3v) is 4.62. The molecular formula is C21H37FN2. The topological polar surface area (TPSA) is 38.0 Å². The molecule has 0 bridgehead atoms. The van der Waals surface area contributed by atoms with Crippen LogP contribution < -0.4 is 11.1 Å². The molecule has 0 heterocycles. The van der Waals surface area contributed by atoms with Crippen LogP contribution in [0.5, 0.6) is 0 Å². The summed E-state index contributed by atoms with van der Waals surface area (Å²) >= 11 is 0. The van der Waals surface area contributed by atoms with Gasteiger partial charge in [-0.2, -0.15) is 0 Å². The Labute approximate surface area is 148 Å². The summed E-state index contributed by atoms with van der Waals surface area (Å²) < 4.78 is 12.9. The maximum absolute atomic E-state index is 12.9. The van der Waals surface area contributed by atoms with Gasteiger partial charge in [-0.15, -0.1) is 0 Å². The third-order valence-electron chi connectivity index (χ3n) is 4.62. The zero-order valence-electron chi connectivity index (χ0n) is 15.5. The molecule has 0 saturated heterocycles. The fourth-order valence-electron chi connectivity index (χ4n) is 3.01. The first-order valence-corrected chi connectivity index (χ1v) is 9.95. The van der Waals surface area contributed by atoms with Crippen LogP contribution >= 0.6 is 0 Å². The van der Waals surface area contributed by atoms with Crippen LogP contribution in [-0.4, -0.2) is 13.1 Å². The molecule has 0 aromatic heterocycles. The highest BCUT2D eigenvalue weighted by molar-refractivity contribution is 5.19. The lowest BCUT2D eigenvalue weighted by Crippen LogP contribution is -2.19. The SMILES string of the molecule is CCCCCCCCCCCNCCCC(N)c1ccc(F)cc1. The van der Waals surface area contributed by atoms with Crippen molar-refractivity contribution in [1.82, 2.24) is 5.32 Å². The first-order chi connectivity index (χ1) is 11.7. The van der Waals surface area contributed by atoms with Crippen molar-refractivity contribution in [1.29, 1.82) is 0 Å². The van der Waals surface area contributed by atoms with Crippen LogP contribution in [0.4, 0.5) is 4.39 Å². The van der Waals surface area contributed by atoms with Crippen LogP contribution in [-0.2, 0) is 0 Å². The molecule has 1 atom stereocenters. The molecule has 3 N–H and O–H groups in total. The molecule has 1 unspecified atom stereocenters. The van der Waals surface area contributed by atoms with E-state index in [2.05, 4.69) is 12.2 Å². The standard InChI is InChI=1S/C21H37FN2/c1-2-3-4-5-6-7-8-9-10-17-24-18-11-12-21(23)19-13-15-20(22)16-14-19/h13-16,21,24H,2-12,17-18,23H2,1H3. The van der Waals surface area contributed by atoms with E-state index in [0.29, 0.717) is 0 Å². The van der Waals surface area contributed by atoms with Crippen LogP contribution in [0.25, 0.3) is 0 Å². The van der Waals surface area contributed by atoms with E-state index in [1.165, 1.54) is 69.9 Å². The Kier molecular flexibility index (Phi) is 12.7. The van der Waals surface area contributed by atoms with E-state index >= 15 is 0 Å². The van der Waals surface area contributed by atoms with Gasteiger partial charge < -0.3 is 11.1 Å². The Bertz CT molecular complexity index is 391. The van der Waals surface area contributed by atoms with Gasteiger partial charge >= 0.3 is 0 Å². The van der Waals surface area contributed by atoms with Crippen molar-refractivity contribution in [3.8, 4) is 0 Å². The Morgan fingerprint density at radius 1 is 0.833 bits per heavy atom. The van der Waals surface area contributed by atoms with Gasteiger partial charge in [-0.3, -0.25) is 0 Å². The van der Waals surface area contributed by atoms with E-state index in [1.54, 1.807) is 12.1 Å². The molecule has 0 aliphatic rings. The van der Waals surface area contributed by atoms with Crippen molar-refractivity contribution in [2.75, 3.05) is 13.1 Å². The van der Waals surface area contributed by atoms with E-state index in [4.69, 9.17) is 5.73 Å². The molecule has 0 spiro atoms. The first-order valence-electron chi connectivity index (χ1n) is 9.95. The lowest BCUT2D eigenvalue weighted by Gasteiger charge is -2.12. The first kappa shape index (κ1) is 21.1. The normalized spacial score (nSPS) is 12.5. The summed E-state index contributed by atoms with van der Waals surface area (Å²) in [6.07, 6.45) is 14.4. The number of nitrogens with two attached hydrogens (primary N) is 1. The molecule has 0 aliphatic carbocycles. The second-order valence-electron chi connectivity index (χ2n) is 6.88. The summed E-state index contributed by atoms with van der Waals surface area (Å²) in [5.74, 6) is -0.200. The zero-order chi connectivity index (χ0) is 17.5. The Morgan fingerprint density at radius 2 is 1.38 bits per heavy atom. The number of unbranched alkanes of at least 4 members (excludes halogenated alkanes) is 8. The van der Waals surface area contributed by atoms with Gasteiger partial charge in [0.2, 0.25) is 0 Å². The van der Waals surface area contributed by atoms with E-state index in [9.17, 15) is 4.39 Å². The lowest BCUT2D eigenvalue weighted by atomic mass is 10.0. The van der Waals surface area contributed by atoms with Crippen LogP contribution in [0, 0.1) is 5.82 Å². The molecule has 0 aliphatic heterocycles. The average molecular weight is 337 g/mol. The van der Waals surface area contributed by atoms with Crippen molar-refractivity contribution >= 4 is 0 Å². The summed E-state index contributed by atoms with van der Waals surface area (Å²) in [4.78, 5) is 0. The predicted molar refractivity (Wildman–Crippen MR) is 103 cm³/mol. The van der Waals surface area contributed by atoms with Crippen LogP contribution in [0.2, 0.25) is 0 Å². The van der Waals surface area contributed by atoms with E-state index in [1.807, 2.05) is 0 Å². The molecule has 0 amide bonds. The molecule has 3 heteroatoms. The predicted octanol–water partition coefficient (Wildman–Crippen LogP) is 5.73. The Morgan fingerprint density at radius 3 is 2.00 bits per heavy atom. The van der Waals surface area contributed by atoms with Gasteiger partial charge in [0.25, 0.3) is 0 Å². The number of halogens is 1. The summed E-state index contributed by atoms with van der Waals surface area (Å²) in [6.45, 7) is 4.40. The zero-order valence-corrected chi connectivity index (χ0v) is 15.5. The molecule has 0 saturated carbocycles. The van der Waals surface area contributed by atoms with Gasteiger partial charge in [-0.05, 0) is 50.0 Å². The van der Waals surface area contributed by atoms with Gasteiger partial charge in [-0.25, -0.2) is 4.39 Å². The number of rotatable bonds is 15. The fourth-order valence-corrected chi connectivity index (χ4v) is 3.01. The van der Waals surface area contributed by atoms with Crippen LogP contribution in [0.1, 0.15) is 89.2 Å². The largest absolute Gasteiger partial charge is 0.324 e. The summed E-state index contributed by atoms with van der Waals surface area (Å²) in [7, 11) is 0. The summed E-state index contributed by atoms with van der Waals surface area (Å²) in [6, 6.07) is 6.56. The minimum absolute atomic E-state index is 0.0140. The van der Waals surface area contributed by atoms with Gasteiger partial charge in [0.15, 0.2) is 0 Å². The highest BCUT2D eigenvalue weighted by Crippen LogP contribution is 2.15. The molecular weight excluding hydrogens is 299 g/mol. The number of hydrogen-bond acceptors (Lipinski definition) is 2.